The Morgan fingerprint density at radius 2 is 2.00 bits per heavy atom. The van der Waals surface area contributed by atoms with Gasteiger partial charge in [-0.3, -0.25) is 0 Å². The van der Waals surface area contributed by atoms with E-state index >= 15 is 0 Å². The van der Waals surface area contributed by atoms with E-state index in [1.165, 1.54) is 6.07 Å². The quantitative estimate of drug-likeness (QED) is 0.578. The zero-order chi connectivity index (χ0) is 14.9. The van der Waals surface area contributed by atoms with E-state index in [1.807, 2.05) is 6.92 Å². The molecule has 1 aromatic carbocycles. The van der Waals surface area contributed by atoms with Crippen molar-refractivity contribution < 1.29 is 13.5 Å². The Hall–Kier alpha value is -1.27. The lowest BCUT2D eigenvalue weighted by Crippen LogP contribution is -2.01. The van der Waals surface area contributed by atoms with Crippen LogP contribution in [0.1, 0.15) is 18.3 Å². The molecule has 0 unspecified atom stereocenters. The summed E-state index contributed by atoms with van der Waals surface area (Å²) >= 11 is 9.03. The number of aromatic nitrogens is 2. The van der Waals surface area contributed by atoms with Crippen LogP contribution < -0.4 is 4.74 Å². The van der Waals surface area contributed by atoms with Crippen LogP contribution in [0.4, 0.5) is 8.78 Å². The highest BCUT2D eigenvalue weighted by Gasteiger charge is 2.16. The maximum atomic E-state index is 13.7. The molecule has 0 fully saturated rings. The Balaban J connectivity index is 2.47. The molecular formula is C13H10BrClF2N2O. The molecule has 1 aromatic heterocycles. The second-order valence-corrected chi connectivity index (χ2v) is 5.29. The molecule has 106 valence electrons. The topological polar surface area (TPSA) is 35.0 Å². The first kappa shape index (κ1) is 15.1. The van der Waals surface area contributed by atoms with Crippen LogP contribution in [-0.4, -0.2) is 9.97 Å². The van der Waals surface area contributed by atoms with Crippen molar-refractivity contribution in [1.82, 2.24) is 9.97 Å². The highest BCUT2D eigenvalue weighted by Crippen LogP contribution is 2.31. The summed E-state index contributed by atoms with van der Waals surface area (Å²) in [7, 11) is 0. The number of nitrogens with zero attached hydrogens (tertiary/aromatic N) is 2. The van der Waals surface area contributed by atoms with Crippen molar-refractivity contribution in [3.05, 3.63) is 44.8 Å². The summed E-state index contributed by atoms with van der Waals surface area (Å²) in [4.78, 5) is 8.17. The van der Waals surface area contributed by atoms with E-state index in [1.54, 1.807) is 6.92 Å². The average molecular weight is 364 g/mol. The van der Waals surface area contributed by atoms with Crippen LogP contribution in [0.3, 0.4) is 0 Å². The van der Waals surface area contributed by atoms with Gasteiger partial charge in [-0.2, -0.15) is 9.37 Å². The molecule has 2 rings (SSSR count). The molecule has 0 saturated carbocycles. The fraction of sp³-hybridized carbons (Fsp3) is 0.231. The summed E-state index contributed by atoms with van der Waals surface area (Å²) in [6.45, 7) is 3.49. The Kier molecular flexibility index (Phi) is 4.55. The zero-order valence-corrected chi connectivity index (χ0v) is 13.0. The molecule has 0 aliphatic heterocycles. The van der Waals surface area contributed by atoms with Gasteiger partial charge < -0.3 is 4.74 Å². The fourth-order valence-electron chi connectivity index (χ4n) is 1.48. The van der Waals surface area contributed by atoms with Gasteiger partial charge in [-0.25, -0.2) is 9.37 Å². The van der Waals surface area contributed by atoms with E-state index in [0.717, 1.165) is 6.07 Å². The largest absolute Gasteiger partial charge is 0.435 e. The van der Waals surface area contributed by atoms with Gasteiger partial charge in [0.1, 0.15) is 11.0 Å². The van der Waals surface area contributed by atoms with Crippen molar-refractivity contribution in [3.63, 3.8) is 0 Å². The first-order valence-corrected chi connectivity index (χ1v) is 6.94. The molecule has 0 amide bonds. The molecule has 7 heteroatoms. The van der Waals surface area contributed by atoms with Gasteiger partial charge in [0.05, 0.1) is 0 Å². The SMILES string of the molecule is CCc1nc(Cl)c(C)c(Oc2cc(Br)cc(F)c2F)n1. The van der Waals surface area contributed by atoms with Crippen LogP contribution in [0.25, 0.3) is 0 Å². The van der Waals surface area contributed by atoms with Crippen molar-refractivity contribution in [3.8, 4) is 11.6 Å². The Bertz CT molecular complexity index is 667. The lowest BCUT2D eigenvalue weighted by Gasteiger charge is -2.11. The first-order valence-electron chi connectivity index (χ1n) is 5.77. The molecule has 0 N–H and O–H groups in total. The van der Waals surface area contributed by atoms with Crippen LogP contribution in [0.5, 0.6) is 11.6 Å². The lowest BCUT2D eigenvalue weighted by molar-refractivity contribution is 0.400. The van der Waals surface area contributed by atoms with Crippen molar-refractivity contribution in [1.29, 1.82) is 0 Å². The lowest BCUT2D eigenvalue weighted by atomic mass is 10.3. The molecule has 0 aliphatic carbocycles. The van der Waals surface area contributed by atoms with Crippen LogP contribution >= 0.6 is 27.5 Å². The normalized spacial score (nSPS) is 10.7. The van der Waals surface area contributed by atoms with Gasteiger partial charge in [-0.05, 0) is 19.1 Å². The predicted molar refractivity (Wildman–Crippen MR) is 75.3 cm³/mol. The predicted octanol–water partition coefficient (Wildman–Crippen LogP) is 4.83. The van der Waals surface area contributed by atoms with Crippen LogP contribution in [0.15, 0.2) is 16.6 Å². The summed E-state index contributed by atoms with van der Waals surface area (Å²) in [6, 6.07) is 2.33. The van der Waals surface area contributed by atoms with Crippen LogP contribution in [0.2, 0.25) is 5.15 Å². The van der Waals surface area contributed by atoms with E-state index in [2.05, 4.69) is 25.9 Å². The number of hydrogen-bond donors (Lipinski definition) is 0. The average Bonchev–Trinajstić information content (AvgIpc) is 2.40. The van der Waals surface area contributed by atoms with Crippen molar-refractivity contribution in [2.45, 2.75) is 20.3 Å². The van der Waals surface area contributed by atoms with Gasteiger partial charge >= 0.3 is 0 Å². The summed E-state index contributed by atoms with van der Waals surface area (Å²) in [5.74, 6) is -1.79. The second kappa shape index (κ2) is 6.01. The van der Waals surface area contributed by atoms with Gasteiger partial charge in [0.2, 0.25) is 11.7 Å². The standard InChI is InChI=1S/C13H10BrClF2N2O/c1-3-10-18-12(15)6(2)13(19-10)20-9-5-7(14)4-8(16)11(9)17/h4-5H,3H2,1-2H3. The third kappa shape index (κ3) is 3.07. The number of hydrogen-bond acceptors (Lipinski definition) is 3. The number of benzene rings is 1. The molecule has 1 heterocycles. The van der Waals surface area contributed by atoms with Crippen molar-refractivity contribution in [2.75, 3.05) is 0 Å². The van der Waals surface area contributed by atoms with E-state index in [0.29, 0.717) is 22.3 Å². The monoisotopic (exact) mass is 362 g/mol. The summed E-state index contributed by atoms with van der Waals surface area (Å²) in [6.07, 6.45) is 0.547. The summed E-state index contributed by atoms with van der Waals surface area (Å²) < 4.78 is 32.7. The molecule has 0 radical (unpaired) electrons. The molecule has 2 aromatic rings. The number of halogens is 4. The maximum Gasteiger partial charge on any atom is 0.227 e. The summed E-state index contributed by atoms with van der Waals surface area (Å²) in [5, 5.41) is 0.225. The first-order chi connectivity index (χ1) is 9.42. The third-order valence-electron chi connectivity index (χ3n) is 2.57. The maximum absolute atomic E-state index is 13.7. The molecular weight excluding hydrogens is 354 g/mol. The van der Waals surface area contributed by atoms with Crippen LogP contribution in [0, 0.1) is 18.6 Å². The smallest absolute Gasteiger partial charge is 0.227 e. The molecule has 3 nitrogen and oxygen atoms in total. The van der Waals surface area contributed by atoms with Crippen molar-refractivity contribution >= 4 is 27.5 Å². The fourth-order valence-corrected chi connectivity index (χ4v) is 2.07. The summed E-state index contributed by atoms with van der Waals surface area (Å²) in [5.41, 5.74) is 0.462. The van der Waals surface area contributed by atoms with E-state index < -0.39 is 11.6 Å². The minimum Gasteiger partial charge on any atom is -0.435 e. The number of rotatable bonds is 3. The Morgan fingerprint density at radius 1 is 1.30 bits per heavy atom. The van der Waals surface area contributed by atoms with Gasteiger partial charge in [0.15, 0.2) is 11.6 Å². The Labute approximate surface area is 128 Å². The highest BCUT2D eigenvalue weighted by molar-refractivity contribution is 9.10. The third-order valence-corrected chi connectivity index (χ3v) is 3.40. The molecule has 0 saturated heterocycles. The van der Waals surface area contributed by atoms with Crippen molar-refractivity contribution in [2.24, 2.45) is 0 Å². The second-order valence-electron chi connectivity index (χ2n) is 4.02. The van der Waals surface area contributed by atoms with E-state index in [4.69, 9.17) is 16.3 Å². The minimum atomic E-state index is -1.08. The van der Waals surface area contributed by atoms with E-state index in [9.17, 15) is 8.78 Å². The van der Waals surface area contributed by atoms with Crippen LogP contribution in [-0.2, 0) is 6.42 Å². The molecule has 0 bridgehead atoms. The molecule has 20 heavy (non-hydrogen) atoms. The number of ether oxygens (including phenoxy) is 1. The number of aryl methyl sites for hydroxylation is 1. The van der Waals surface area contributed by atoms with Gasteiger partial charge in [0.25, 0.3) is 0 Å². The van der Waals surface area contributed by atoms with Gasteiger partial charge in [-0.1, -0.05) is 34.5 Å². The molecule has 0 atom stereocenters. The molecule has 0 spiro atoms. The van der Waals surface area contributed by atoms with Gasteiger partial charge in [0, 0.05) is 16.5 Å². The minimum absolute atomic E-state index is 0.109. The van der Waals surface area contributed by atoms with E-state index in [-0.39, 0.29) is 16.8 Å². The highest BCUT2D eigenvalue weighted by atomic mass is 79.9. The Morgan fingerprint density at radius 3 is 2.65 bits per heavy atom. The molecule has 0 aliphatic rings. The zero-order valence-electron chi connectivity index (χ0n) is 10.7. The van der Waals surface area contributed by atoms with Gasteiger partial charge in [-0.15, -0.1) is 0 Å².